The van der Waals surface area contributed by atoms with E-state index in [1.165, 1.54) is 38.2 Å². The number of para-hydroxylation sites is 1. The lowest BCUT2D eigenvalue weighted by atomic mass is 9.89. The zero-order valence-corrected chi connectivity index (χ0v) is 23.5. The molecule has 0 spiro atoms. The normalized spacial score (nSPS) is 20.6. The highest BCUT2D eigenvalue weighted by Crippen LogP contribution is 2.31. The second kappa shape index (κ2) is 12.7. The van der Waals surface area contributed by atoms with Crippen LogP contribution in [0.2, 0.25) is 0 Å². The van der Waals surface area contributed by atoms with Crippen LogP contribution >= 0.6 is 15.9 Å². The first kappa shape index (κ1) is 28.0. The number of anilines is 2. The highest BCUT2D eigenvalue weighted by molar-refractivity contribution is 9.10. The van der Waals surface area contributed by atoms with Crippen LogP contribution < -0.4 is 20.7 Å². The van der Waals surface area contributed by atoms with Crippen LogP contribution in [0.3, 0.4) is 0 Å². The smallest absolute Gasteiger partial charge is 0.405 e. The summed E-state index contributed by atoms with van der Waals surface area (Å²) in [5.41, 5.74) is 1.40. The molecule has 2 fully saturated rings. The van der Waals surface area contributed by atoms with E-state index in [0.29, 0.717) is 28.4 Å². The van der Waals surface area contributed by atoms with Gasteiger partial charge in [-0.3, -0.25) is 0 Å². The summed E-state index contributed by atoms with van der Waals surface area (Å²) in [6.45, 7) is 1.25. The summed E-state index contributed by atoms with van der Waals surface area (Å²) in [6, 6.07) is 13.3. The molecule has 0 saturated heterocycles. The van der Waals surface area contributed by atoms with Crippen molar-refractivity contribution < 1.29 is 17.9 Å². The molecule has 6 nitrogen and oxygen atoms in total. The molecule has 39 heavy (non-hydrogen) atoms. The van der Waals surface area contributed by atoms with Crippen molar-refractivity contribution in [1.82, 2.24) is 15.3 Å². The molecule has 0 amide bonds. The molecule has 10 heteroatoms. The predicted molar refractivity (Wildman–Crippen MR) is 152 cm³/mol. The Hall–Kier alpha value is -2.59. The van der Waals surface area contributed by atoms with Gasteiger partial charge >= 0.3 is 6.36 Å². The number of hydrogen-bond donors (Lipinski definition) is 3. The number of ether oxygens (including phenoxy) is 1. The highest BCUT2D eigenvalue weighted by atomic mass is 79.9. The van der Waals surface area contributed by atoms with Gasteiger partial charge in [-0.1, -0.05) is 53.4 Å². The lowest BCUT2D eigenvalue weighted by Gasteiger charge is -2.30. The van der Waals surface area contributed by atoms with Gasteiger partial charge in [0.1, 0.15) is 11.6 Å². The average Bonchev–Trinajstić information content (AvgIpc) is 2.92. The Kier molecular flexibility index (Phi) is 9.12. The molecule has 1 aromatic heterocycles. The topological polar surface area (TPSA) is 71.1 Å². The number of aromatic nitrogens is 2. The van der Waals surface area contributed by atoms with Crippen LogP contribution in [0.5, 0.6) is 5.75 Å². The van der Waals surface area contributed by atoms with Crippen LogP contribution in [0.15, 0.2) is 46.9 Å². The molecule has 0 bridgehead atoms. The first-order chi connectivity index (χ1) is 18.8. The zero-order chi connectivity index (χ0) is 27.2. The number of benzene rings is 2. The Morgan fingerprint density at radius 2 is 1.64 bits per heavy atom. The standard InChI is InChI=1S/C29H35BrF3N5O/c30-21-11-10-20(26(16-21)39-29(31,32)33)18-34-22-12-14-23(15-13-22)36-28-37-25-9-5-4-8-24(25)27(38-28)35-17-19-6-2-1-3-7-19/h4-5,8-11,16,19,22-23,34H,1-3,6-7,12-15,17-18H2,(H2,35,36,37,38). The Labute approximate surface area is 235 Å². The second-order valence-electron chi connectivity index (χ2n) is 10.7. The zero-order valence-electron chi connectivity index (χ0n) is 21.9. The molecule has 0 aliphatic heterocycles. The van der Waals surface area contributed by atoms with Gasteiger partial charge in [-0.05, 0) is 68.7 Å². The summed E-state index contributed by atoms with van der Waals surface area (Å²) in [7, 11) is 0. The van der Waals surface area contributed by atoms with Gasteiger partial charge < -0.3 is 20.7 Å². The van der Waals surface area contributed by atoms with Gasteiger partial charge in [0, 0.05) is 40.6 Å². The van der Waals surface area contributed by atoms with Crippen LogP contribution in [0.4, 0.5) is 24.9 Å². The molecule has 2 saturated carbocycles. The summed E-state index contributed by atoms with van der Waals surface area (Å²) in [5, 5.41) is 11.6. The highest BCUT2D eigenvalue weighted by Gasteiger charge is 2.32. The summed E-state index contributed by atoms with van der Waals surface area (Å²) in [5.74, 6) is 2.04. The van der Waals surface area contributed by atoms with Gasteiger partial charge in [0.2, 0.25) is 5.95 Å². The minimum absolute atomic E-state index is 0.180. The molecular weight excluding hydrogens is 571 g/mol. The van der Waals surface area contributed by atoms with Crippen LogP contribution in [0, 0.1) is 5.92 Å². The summed E-state index contributed by atoms with van der Waals surface area (Å²) < 4.78 is 43.3. The minimum atomic E-state index is -4.73. The maximum absolute atomic E-state index is 12.8. The number of nitrogens with zero attached hydrogens (tertiary/aromatic N) is 2. The van der Waals surface area contributed by atoms with Crippen molar-refractivity contribution in [1.29, 1.82) is 0 Å². The maximum atomic E-state index is 12.8. The number of rotatable bonds is 9. The fraction of sp³-hybridized carbons (Fsp3) is 0.517. The van der Waals surface area contributed by atoms with Crippen molar-refractivity contribution in [2.45, 2.75) is 82.8 Å². The number of nitrogens with one attached hydrogen (secondary N) is 3. The van der Waals surface area contributed by atoms with E-state index in [4.69, 9.17) is 9.97 Å². The summed E-state index contributed by atoms with van der Waals surface area (Å²) in [6.07, 6.45) is 5.45. The average molecular weight is 607 g/mol. The lowest BCUT2D eigenvalue weighted by molar-refractivity contribution is -0.274. The largest absolute Gasteiger partial charge is 0.573 e. The minimum Gasteiger partial charge on any atom is -0.405 e. The number of hydrogen-bond acceptors (Lipinski definition) is 6. The first-order valence-electron chi connectivity index (χ1n) is 13.9. The lowest BCUT2D eigenvalue weighted by Crippen LogP contribution is -2.37. The third-order valence-electron chi connectivity index (χ3n) is 7.78. The molecular formula is C29H35BrF3N5O. The van der Waals surface area contributed by atoms with E-state index in [0.717, 1.165) is 48.9 Å². The van der Waals surface area contributed by atoms with Gasteiger partial charge in [0.05, 0.1) is 5.52 Å². The monoisotopic (exact) mass is 605 g/mol. The third-order valence-corrected chi connectivity index (χ3v) is 8.28. The molecule has 1 heterocycles. The molecule has 2 aliphatic carbocycles. The van der Waals surface area contributed by atoms with Gasteiger partial charge in [-0.25, -0.2) is 4.98 Å². The van der Waals surface area contributed by atoms with Crippen molar-refractivity contribution in [3.8, 4) is 5.75 Å². The quantitative estimate of drug-likeness (QED) is 0.231. The van der Waals surface area contributed by atoms with E-state index in [1.807, 2.05) is 18.2 Å². The van der Waals surface area contributed by atoms with Crippen LogP contribution in [0.25, 0.3) is 10.9 Å². The Morgan fingerprint density at radius 3 is 2.41 bits per heavy atom. The third kappa shape index (κ3) is 7.97. The molecule has 0 atom stereocenters. The molecule has 0 radical (unpaired) electrons. The van der Waals surface area contributed by atoms with E-state index >= 15 is 0 Å². The number of fused-ring (bicyclic) bond motifs is 1. The van der Waals surface area contributed by atoms with Gasteiger partial charge in [-0.2, -0.15) is 4.98 Å². The van der Waals surface area contributed by atoms with Crippen molar-refractivity contribution in [3.63, 3.8) is 0 Å². The SMILES string of the molecule is FC(F)(F)Oc1cc(Br)ccc1CNC1CCC(Nc2nc(NCC3CCCCC3)c3ccccc3n2)CC1. The molecule has 2 aromatic carbocycles. The number of halogens is 4. The molecule has 0 unspecified atom stereocenters. The molecule has 3 N–H and O–H groups in total. The second-order valence-corrected chi connectivity index (χ2v) is 11.6. The van der Waals surface area contributed by atoms with Gasteiger partial charge in [0.15, 0.2) is 0 Å². The van der Waals surface area contributed by atoms with E-state index in [2.05, 4.69) is 42.7 Å². The van der Waals surface area contributed by atoms with Crippen LogP contribution in [0.1, 0.15) is 63.4 Å². The van der Waals surface area contributed by atoms with Crippen LogP contribution in [-0.4, -0.2) is 35.0 Å². The first-order valence-corrected chi connectivity index (χ1v) is 14.7. The van der Waals surface area contributed by atoms with Crippen molar-refractivity contribution in [3.05, 3.63) is 52.5 Å². The Morgan fingerprint density at radius 1 is 0.897 bits per heavy atom. The molecule has 3 aromatic rings. The van der Waals surface area contributed by atoms with E-state index in [-0.39, 0.29) is 17.8 Å². The van der Waals surface area contributed by atoms with E-state index < -0.39 is 6.36 Å². The summed E-state index contributed by atoms with van der Waals surface area (Å²) in [4.78, 5) is 9.64. The van der Waals surface area contributed by atoms with Crippen LogP contribution in [-0.2, 0) is 6.54 Å². The molecule has 210 valence electrons. The van der Waals surface area contributed by atoms with Crippen molar-refractivity contribution in [2.24, 2.45) is 5.92 Å². The van der Waals surface area contributed by atoms with Crippen molar-refractivity contribution >= 4 is 38.6 Å². The fourth-order valence-corrected chi connectivity index (χ4v) is 6.02. The maximum Gasteiger partial charge on any atom is 0.573 e. The fourth-order valence-electron chi connectivity index (χ4n) is 5.68. The Balaban J connectivity index is 1.16. The van der Waals surface area contributed by atoms with Gasteiger partial charge in [0.25, 0.3) is 0 Å². The molecule has 5 rings (SSSR count). The Bertz CT molecular complexity index is 1240. The predicted octanol–water partition coefficient (Wildman–Crippen LogP) is 7.80. The molecule has 2 aliphatic rings. The van der Waals surface area contributed by atoms with E-state index in [1.54, 1.807) is 12.1 Å². The van der Waals surface area contributed by atoms with Crippen molar-refractivity contribution in [2.75, 3.05) is 17.2 Å². The summed E-state index contributed by atoms with van der Waals surface area (Å²) >= 11 is 3.22. The van der Waals surface area contributed by atoms with Gasteiger partial charge in [-0.15, -0.1) is 13.2 Å². The van der Waals surface area contributed by atoms with E-state index in [9.17, 15) is 13.2 Å². The number of alkyl halides is 3.